The van der Waals surface area contributed by atoms with Crippen molar-refractivity contribution in [3.05, 3.63) is 359 Å². The van der Waals surface area contributed by atoms with Crippen molar-refractivity contribution in [2.75, 3.05) is 26.9 Å². The molecule has 3 aliphatic rings. The van der Waals surface area contributed by atoms with Crippen LogP contribution in [0, 0.1) is 0 Å². The molecule has 15 atom stereocenters. The van der Waals surface area contributed by atoms with Crippen LogP contribution in [-0.2, 0) is 142 Å². The summed E-state index contributed by atoms with van der Waals surface area (Å²) < 4.78 is 114. The van der Waals surface area contributed by atoms with Crippen LogP contribution in [0.5, 0.6) is 0 Å². The van der Waals surface area contributed by atoms with Crippen LogP contribution < -0.4 is 0 Å². The summed E-state index contributed by atoms with van der Waals surface area (Å²) in [6, 6.07) is 100. The molecule has 10 aromatic rings. The van der Waals surface area contributed by atoms with Gasteiger partial charge in [0.15, 0.2) is 18.9 Å². The molecule has 0 N–H and O–H groups in total. The van der Waals surface area contributed by atoms with Gasteiger partial charge < -0.3 is 75.8 Å². The number of rotatable bonds is 38. The number of benzene rings is 10. The summed E-state index contributed by atoms with van der Waals surface area (Å²) in [7, 11) is 1.61. The number of hydrogen-bond acceptors (Lipinski definition) is 16. The molecule has 0 bridgehead atoms. The first-order chi connectivity index (χ1) is 52.0. The Balaban J connectivity index is 0.877. The van der Waals surface area contributed by atoms with Crippen LogP contribution in [0.15, 0.2) is 303 Å². The zero-order chi connectivity index (χ0) is 71.3. The van der Waals surface area contributed by atoms with Gasteiger partial charge in [-0.1, -0.05) is 303 Å². The van der Waals surface area contributed by atoms with Crippen LogP contribution in [0.25, 0.3) is 0 Å². The van der Waals surface area contributed by atoms with E-state index in [1.54, 1.807) is 7.11 Å². The lowest BCUT2D eigenvalue weighted by Crippen LogP contribution is -2.65. The third-order valence-electron chi connectivity index (χ3n) is 18.8. The molecule has 3 heterocycles. The summed E-state index contributed by atoms with van der Waals surface area (Å²) in [5, 5.41) is 0. The molecule has 16 heteroatoms. The smallest absolute Gasteiger partial charge is 0.187 e. The van der Waals surface area contributed by atoms with Gasteiger partial charge in [-0.3, -0.25) is 0 Å². The van der Waals surface area contributed by atoms with E-state index in [1.165, 1.54) is 0 Å². The van der Waals surface area contributed by atoms with Crippen molar-refractivity contribution in [1.29, 1.82) is 0 Å². The highest BCUT2D eigenvalue weighted by Crippen LogP contribution is 2.38. The average Bonchev–Trinajstić information content (AvgIpc) is 0.804. The van der Waals surface area contributed by atoms with Gasteiger partial charge in [0.1, 0.15) is 73.2 Å². The van der Waals surface area contributed by atoms with Crippen LogP contribution in [0.4, 0.5) is 0 Å². The molecule has 0 spiro atoms. The third-order valence-corrected chi connectivity index (χ3v) is 18.8. The summed E-state index contributed by atoms with van der Waals surface area (Å²) in [5.74, 6) is 0. The van der Waals surface area contributed by atoms with Crippen molar-refractivity contribution in [1.82, 2.24) is 0 Å². The lowest BCUT2D eigenvalue weighted by Gasteiger charge is -2.49. The van der Waals surface area contributed by atoms with E-state index in [2.05, 4.69) is 0 Å². The Morgan fingerprint density at radius 2 is 0.371 bits per heavy atom. The fraction of sp³-hybridized carbons (Fsp3) is 0.326. The van der Waals surface area contributed by atoms with E-state index < -0.39 is 92.1 Å². The van der Waals surface area contributed by atoms with E-state index in [-0.39, 0.29) is 79.3 Å². The monoisotopic (exact) mass is 1420 g/mol. The van der Waals surface area contributed by atoms with Crippen molar-refractivity contribution in [2.45, 2.75) is 158 Å². The molecular weight excluding hydrogens is 1320 g/mol. The SMILES string of the molecule is CO[C@H]1O[C@H](CO[C@@H]2O[C@H](CO[C@@H]3O[C@H](COCc4ccccc4)[C@@H](OCc4ccccc4)[C@H](OCc4ccccc4)[C@H]3OCc3ccccc3)[C@@H](OCc3ccccc3)[C@H](OCc3ccccc3)[C@H]2OCc2ccccc2)[C@@H](OCc2ccccc2)[C@H](OCc2ccccc2)[C@H]1OCc1ccccc1. The highest BCUT2D eigenvalue weighted by Gasteiger charge is 2.54. The van der Waals surface area contributed by atoms with E-state index in [0.717, 1.165) is 55.6 Å². The van der Waals surface area contributed by atoms with Gasteiger partial charge in [0.25, 0.3) is 0 Å². The highest BCUT2D eigenvalue weighted by molar-refractivity contribution is 5.22. The molecule has 0 radical (unpaired) electrons. The zero-order valence-corrected chi connectivity index (χ0v) is 59.3. The first-order valence-corrected chi connectivity index (χ1v) is 36.3. The van der Waals surface area contributed by atoms with Crippen molar-refractivity contribution < 1.29 is 75.8 Å². The molecule has 105 heavy (non-hydrogen) atoms. The van der Waals surface area contributed by atoms with Crippen molar-refractivity contribution in [2.24, 2.45) is 0 Å². The fourth-order valence-electron chi connectivity index (χ4n) is 13.3. The Hall–Kier alpha value is -8.44. The Kier molecular flexibility index (Phi) is 28.7. The predicted octanol–water partition coefficient (Wildman–Crippen LogP) is 15.3. The average molecular weight is 1420 g/mol. The van der Waals surface area contributed by atoms with Gasteiger partial charge in [-0.25, -0.2) is 0 Å². The number of methoxy groups -OCH3 is 1. The van der Waals surface area contributed by atoms with Gasteiger partial charge in [-0.2, -0.15) is 0 Å². The van der Waals surface area contributed by atoms with Crippen LogP contribution in [0.3, 0.4) is 0 Å². The quantitative estimate of drug-likeness (QED) is 0.0361. The molecule has 0 aliphatic carbocycles. The Labute approximate surface area is 616 Å². The number of ether oxygens (including phenoxy) is 16. The molecule has 10 aromatic carbocycles. The fourth-order valence-corrected chi connectivity index (χ4v) is 13.3. The lowest BCUT2D eigenvalue weighted by molar-refractivity contribution is -0.362. The van der Waals surface area contributed by atoms with Crippen molar-refractivity contribution in [3.8, 4) is 0 Å². The summed E-state index contributed by atoms with van der Waals surface area (Å²) in [4.78, 5) is 0. The lowest BCUT2D eigenvalue weighted by atomic mass is 9.96. The molecule has 0 amide bonds. The van der Waals surface area contributed by atoms with Gasteiger partial charge in [0.2, 0.25) is 0 Å². The van der Waals surface area contributed by atoms with E-state index in [9.17, 15) is 0 Å². The molecular formula is C89H94O16. The maximum Gasteiger partial charge on any atom is 0.187 e. The van der Waals surface area contributed by atoms with Crippen LogP contribution in [-0.4, -0.2) is 119 Å². The van der Waals surface area contributed by atoms with E-state index >= 15 is 0 Å². The van der Waals surface area contributed by atoms with Gasteiger partial charge >= 0.3 is 0 Å². The summed E-state index contributed by atoms with van der Waals surface area (Å²) >= 11 is 0. The topological polar surface area (TPSA) is 148 Å². The molecule has 0 unspecified atom stereocenters. The minimum Gasteiger partial charge on any atom is -0.374 e. The normalized spacial score (nSPS) is 24.6. The second-order valence-electron chi connectivity index (χ2n) is 26.4. The Morgan fingerprint density at radius 3 is 0.600 bits per heavy atom. The van der Waals surface area contributed by atoms with Gasteiger partial charge in [0.05, 0.1) is 85.9 Å². The van der Waals surface area contributed by atoms with E-state index in [1.807, 2.05) is 303 Å². The van der Waals surface area contributed by atoms with Crippen LogP contribution in [0.2, 0.25) is 0 Å². The summed E-state index contributed by atoms with van der Waals surface area (Å²) in [6.07, 6.45) is -13.3. The molecule has 3 aliphatic heterocycles. The minimum atomic E-state index is -1.19. The van der Waals surface area contributed by atoms with Crippen LogP contribution >= 0.6 is 0 Å². The largest absolute Gasteiger partial charge is 0.374 e. The zero-order valence-electron chi connectivity index (χ0n) is 59.3. The Bertz CT molecular complexity index is 3980. The maximum atomic E-state index is 7.52. The van der Waals surface area contributed by atoms with E-state index in [4.69, 9.17) is 75.8 Å². The molecule has 16 nitrogen and oxygen atoms in total. The van der Waals surface area contributed by atoms with E-state index in [0.29, 0.717) is 6.61 Å². The van der Waals surface area contributed by atoms with Gasteiger partial charge in [0, 0.05) is 7.11 Å². The second kappa shape index (κ2) is 40.3. The molecule has 3 fully saturated rings. The number of hydrogen-bond donors (Lipinski definition) is 0. The highest BCUT2D eigenvalue weighted by atomic mass is 16.8. The molecule has 0 saturated carbocycles. The van der Waals surface area contributed by atoms with Gasteiger partial charge in [-0.15, -0.1) is 0 Å². The molecule has 3 saturated heterocycles. The summed E-state index contributed by atoms with van der Waals surface area (Å²) in [6.45, 7) is 2.08. The standard InChI is InChI=1S/C89H94O16/c1-90-87-84(98-59-72-46-26-9-27-47-72)81(95-56-69-40-20-6-21-41-69)79(93-54-67-36-16-4-17-37-67)76(103-87)63-101-89-86(100-61-74-50-30-11-31-51-74)83(97-58-71-44-24-8-25-45-71)80(94-55-68-38-18-5-19-39-68)77(105-89)64-102-88-85(99-60-73-48-28-10-29-49-73)82(96-57-70-42-22-7-23-43-70)78(92-53-66-34-14-3-15-35-66)75(104-88)62-91-52-65-32-12-2-13-33-65/h2-51,75-89H,52-64H2,1H3/t75-,76-,77-,78-,79-,80-,81+,82+,83+,84-,85-,86-,87+,88-,89-/m1/s1. The van der Waals surface area contributed by atoms with Crippen molar-refractivity contribution >= 4 is 0 Å². The predicted molar refractivity (Wildman–Crippen MR) is 396 cm³/mol. The molecule has 546 valence electrons. The van der Waals surface area contributed by atoms with Crippen molar-refractivity contribution in [3.63, 3.8) is 0 Å². The first kappa shape index (κ1) is 74.8. The molecule has 13 rings (SSSR count). The van der Waals surface area contributed by atoms with Gasteiger partial charge in [-0.05, 0) is 55.6 Å². The Morgan fingerprint density at radius 1 is 0.190 bits per heavy atom. The first-order valence-electron chi connectivity index (χ1n) is 36.3. The molecule has 0 aromatic heterocycles. The second-order valence-corrected chi connectivity index (χ2v) is 26.4. The summed E-state index contributed by atoms with van der Waals surface area (Å²) in [5.41, 5.74) is 9.55. The minimum absolute atomic E-state index is 0.112. The maximum absolute atomic E-state index is 7.52. The van der Waals surface area contributed by atoms with Crippen LogP contribution in [0.1, 0.15) is 55.6 Å². The third kappa shape index (κ3) is 22.1.